The van der Waals surface area contributed by atoms with Crippen molar-refractivity contribution in [1.82, 2.24) is 15.3 Å². The van der Waals surface area contributed by atoms with Crippen molar-refractivity contribution in [3.8, 4) is 0 Å². The number of rotatable bonds is 5. The molecule has 0 bridgehead atoms. The minimum atomic E-state index is 0.832. The van der Waals surface area contributed by atoms with Gasteiger partial charge >= 0.3 is 0 Å². The molecule has 0 atom stereocenters. The molecule has 0 fully saturated rings. The van der Waals surface area contributed by atoms with Gasteiger partial charge in [-0.3, -0.25) is 0 Å². The summed E-state index contributed by atoms with van der Waals surface area (Å²) in [6.45, 7) is 5.07. The minimum absolute atomic E-state index is 0.832. The number of hydrogen-bond acceptors (Lipinski definition) is 4. The molecule has 0 unspecified atom stereocenters. The van der Waals surface area contributed by atoms with Crippen LogP contribution < -0.4 is 10.6 Å². The maximum Gasteiger partial charge on any atom is 0.134 e. The quantitative estimate of drug-likeness (QED) is 0.863. The Bertz CT molecular complexity index is 531. The Hall–Kier alpha value is -1.94. The molecule has 0 spiro atoms. The van der Waals surface area contributed by atoms with Crippen LogP contribution in [0.3, 0.4) is 0 Å². The fourth-order valence-corrected chi connectivity index (χ4v) is 2.02. The van der Waals surface area contributed by atoms with Gasteiger partial charge in [0.05, 0.1) is 0 Å². The van der Waals surface area contributed by atoms with E-state index in [1.165, 1.54) is 11.1 Å². The molecule has 0 amide bonds. The molecule has 0 aliphatic heterocycles. The number of hydrogen-bond donors (Lipinski definition) is 2. The molecule has 0 radical (unpaired) electrons. The maximum absolute atomic E-state index is 4.50. The van der Waals surface area contributed by atoms with Crippen molar-refractivity contribution >= 4 is 11.5 Å². The molecule has 100 valence electrons. The summed E-state index contributed by atoms with van der Waals surface area (Å²) in [6, 6.07) is 8.27. The normalized spacial score (nSPS) is 10.5. The summed E-state index contributed by atoms with van der Waals surface area (Å²) in [4.78, 5) is 8.77. The Morgan fingerprint density at radius 3 is 2.53 bits per heavy atom. The van der Waals surface area contributed by atoms with Gasteiger partial charge in [-0.15, -0.1) is 0 Å². The van der Waals surface area contributed by atoms with E-state index in [2.05, 4.69) is 52.6 Å². The zero-order valence-corrected chi connectivity index (χ0v) is 11.7. The summed E-state index contributed by atoms with van der Waals surface area (Å²) in [6.07, 6.45) is 2.63. The number of aromatic nitrogens is 2. The second-order valence-corrected chi connectivity index (χ2v) is 4.71. The van der Waals surface area contributed by atoms with E-state index in [4.69, 9.17) is 0 Å². The summed E-state index contributed by atoms with van der Waals surface area (Å²) >= 11 is 0. The van der Waals surface area contributed by atoms with Gasteiger partial charge in [0.2, 0.25) is 0 Å². The lowest BCUT2D eigenvalue weighted by Crippen LogP contribution is -2.12. The van der Waals surface area contributed by atoms with Crippen LogP contribution in [-0.4, -0.2) is 23.6 Å². The first-order chi connectivity index (χ1) is 9.17. The molecule has 0 saturated carbocycles. The van der Waals surface area contributed by atoms with Crippen molar-refractivity contribution in [3.05, 3.63) is 47.4 Å². The SMILES string of the molecule is CNCCc1nccc(Nc2cc(C)cc(C)c2)n1. The predicted molar refractivity (Wildman–Crippen MR) is 78.9 cm³/mol. The van der Waals surface area contributed by atoms with Gasteiger partial charge in [0.25, 0.3) is 0 Å². The highest BCUT2D eigenvalue weighted by atomic mass is 15.0. The zero-order chi connectivity index (χ0) is 13.7. The molecule has 1 aromatic heterocycles. The topological polar surface area (TPSA) is 49.8 Å². The van der Waals surface area contributed by atoms with Crippen LogP contribution in [0, 0.1) is 13.8 Å². The first-order valence-electron chi connectivity index (χ1n) is 6.49. The maximum atomic E-state index is 4.50. The lowest BCUT2D eigenvalue weighted by Gasteiger charge is -2.09. The van der Waals surface area contributed by atoms with E-state index in [1.807, 2.05) is 13.1 Å². The highest BCUT2D eigenvalue weighted by molar-refractivity contribution is 5.57. The van der Waals surface area contributed by atoms with E-state index in [0.29, 0.717) is 0 Å². The van der Waals surface area contributed by atoms with Crippen molar-refractivity contribution in [3.63, 3.8) is 0 Å². The average Bonchev–Trinajstić information content (AvgIpc) is 2.35. The lowest BCUT2D eigenvalue weighted by atomic mass is 10.1. The second kappa shape index (κ2) is 6.29. The average molecular weight is 256 g/mol. The summed E-state index contributed by atoms with van der Waals surface area (Å²) in [5.74, 6) is 1.69. The molecular weight excluding hydrogens is 236 g/mol. The van der Waals surface area contributed by atoms with Gasteiger partial charge in [-0.05, 0) is 50.2 Å². The summed E-state index contributed by atoms with van der Waals surface area (Å²) in [5, 5.41) is 6.43. The Labute approximate surface area is 114 Å². The first-order valence-corrected chi connectivity index (χ1v) is 6.49. The second-order valence-electron chi connectivity index (χ2n) is 4.71. The van der Waals surface area contributed by atoms with Crippen LogP contribution in [0.5, 0.6) is 0 Å². The van der Waals surface area contributed by atoms with E-state index in [-0.39, 0.29) is 0 Å². The van der Waals surface area contributed by atoms with Crippen molar-refractivity contribution in [2.75, 3.05) is 18.9 Å². The largest absolute Gasteiger partial charge is 0.340 e. The highest BCUT2D eigenvalue weighted by Crippen LogP contribution is 2.17. The third kappa shape index (κ3) is 4.03. The number of benzene rings is 1. The van der Waals surface area contributed by atoms with Crippen LogP contribution in [0.1, 0.15) is 17.0 Å². The molecule has 0 aliphatic carbocycles. The standard InChI is InChI=1S/C15H20N4/c1-11-8-12(2)10-13(9-11)18-15-5-7-17-14(19-15)4-6-16-3/h5,7-10,16H,4,6H2,1-3H3,(H,17,18,19). The number of anilines is 2. The molecule has 0 saturated heterocycles. The van der Waals surface area contributed by atoms with Crippen molar-refractivity contribution in [1.29, 1.82) is 0 Å². The van der Waals surface area contributed by atoms with Gasteiger partial charge in [0.1, 0.15) is 11.6 Å². The van der Waals surface area contributed by atoms with Crippen molar-refractivity contribution in [2.45, 2.75) is 20.3 Å². The number of aryl methyl sites for hydroxylation is 2. The van der Waals surface area contributed by atoms with Crippen molar-refractivity contribution in [2.24, 2.45) is 0 Å². The Balaban J connectivity index is 2.13. The van der Waals surface area contributed by atoms with Gasteiger partial charge in [-0.25, -0.2) is 9.97 Å². The molecule has 2 N–H and O–H groups in total. The van der Waals surface area contributed by atoms with E-state index in [9.17, 15) is 0 Å². The first kappa shape index (κ1) is 13.5. The molecule has 2 rings (SSSR count). The number of likely N-dealkylation sites (N-methyl/N-ethyl adjacent to an activating group) is 1. The Kier molecular flexibility index (Phi) is 4.47. The highest BCUT2D eigenvalue weighted by Gasteiger charge is 2.01. The van der Waals surface area contributed by atoms with Gasteiger partial charge in [0, 0.05) is 24.8 Å². The lowest BCUT2D eigenvalue weighted by molar-refractivity contribution is 0.756. The van der Waals surface area contributed by atoms with Gasteiger partial charge in [-0.1, -0.05) is 6.07 Å². The monoisotopic (exact) mass is 256 g/mol. The molecule has 0 aliphatic rings. The predicted octanol–water partition coefficient (Wildman–Crippen LogP) is 2.60. The van der Waals surface area contributed by atoms with Gasteiger partial charge < -0.3 is 10.6 Å². The van der Waals surface area contributed by atoms with Gasteiger partial charge in [0.15, 0.2) is 0 Å². The van der Waals surface area contributed by atoms with Crippen LogP contribution in [-0.2, 0) is 6.42 Å². The van der Waals surface area contributed by atoms with E-state index < -0.39 is 0 Å². The van der Waals surface area contributed by atoms with E-state index in [0.717, 1.165) is 30.3 Å². The fraction of sp³-hybridized carbons (Fsp3) is 0.333. The molecule has 4 heteroatoms. The third-order valence-corrected chi connectivity index (χ3v) is 2.80. The van der Waals surface area contributed by atoms with Crippen LogP contribution in [0.15, 0.2) is 30.5 Å². The minimum Gasteiger partial charge on any atom is -0.340 e. The number of nitrogens with one attached hydrogen (secondary N) is 2. The summed E-state index contributed by atoms with van der Waals surface area (Å²) in [5.41, 5.74) is 3.55. The summed E-state index contributed by atoms with van der Waals surface area (Å²) in [7, 11) is 1.93. The molecule has 1 aromatic carbocycles. The van der Waals surface area contributed by atoms with Crippen molar-refractivity contribution < 1.29 is 0 Å². The molecule has 1 heterocycles. The van der Waals surface area contributed by atoms with Crippen LogP contribution >= 0.6 is 0 Å². The molecule has 2 aromatic rings. The smallest absolute Gasteiger partial charge is 0.134 e. The van der Waals surface area contributed by atoms with Crippen LogP contribution in [0.2, 0.25) is 0 Å². The number of nitrogens with zero attached hydrogens (tertiary/aromatic N) is 2. The van der Waals surface area contributed by atoms with Crippen LogP contribution in [0.25, 0.3) is 0 Å². The van der Waals surface area contributed by atoms with E-state index >= 15 is 0 Å². The molecule has 4 nitrogen and oxygen atoms in total. The fourth-order valence-electron chi connectivity index (χ4n) is 2.02. The van der Waals surface area contributed by atoms with Crippen LogP contribution in [0.4, 0.5) is 11.5 Å². The van der Waals surface area contributed by atoms with E-state index in [1.54, 1.807) is 6.20 Å². The molecule has 19 heavy (non-hydrogen) atoms. The zero-order valence-electron chi connectivity index (χ0n) is 11.7. The summed E-state index contributed by atoms with van der Waals surface area (Å²) < 4.78 is 0. The Morgan fingerprint density at radius 1 is 1.11 bits per heavy atom. The van der Waals surface area contributed by atoms with Gasteiger partial charge in [-0.2, -0.15) is 0 Å². The molecular formula is C15H20N4. The Morgan fingerprint density at radius 2 is 1.84 bits per heavy atom. The third-order valence-electron chi connectivity index (χ3n) is 2.80.